The van der Waals surface area contributed by atoms with Crippen LogP contribution < -0.4 is 14.8 Å². The zero-order valence-corrected chi connectivity index (χ0v) is 18.4. The first-order valence-electron chi connectivity index (χ1n) is 10.0. The second kappa shape index (κ2) is 9.49. The van der Waals surface area contributed by atoms with Crippen molar-refractivity contribution in [2.24, 2.45) is 0 Å². The molecule has 8 heteroatoms. The minimum absolute atomic E-state index is 0.0939. The van der Waals surface area contributed by atoms with Gasteiger partial charge in [-0.05, 0) is 49.1 Å². The van der Waals surface area contributed by atoms with Gasteiger partial charge in [0, 0.05) is 30.8 Å². The number of methoxy groups -OCH3 is 2. The van der Waals surface area contributed by atoms with E-state index in [-0.39, 0.29) is 11.9 Å². The number of carbonyl (C=O) groups excluding carboxylic acids is 1. The third kappa shape index (κ3) is 4.94. The molecule has 2 aromatic carbocycles. The van der Waals surface area contributed by atoms with Gasteiger partial charge in [0.15, 0.2) is 0 Å². The molecule has 1 saturated heterocycles. The Labute approximate surface area is 178 Å². The lowest BCUT2D eigenvalue weighted by Gasteiger charge is -2.31. The largest absolute Gasteiger partial charge is 0.497 e. The zero-order valence-electron chi connectivity index (χ0n) is 17.6. The van der Waals surface area contributed by atoms with Gasteiger partial charge in [0.25, 0.3) is 5.91 Å². The Morgan fingerprint density at radius 1 is 1.03 bits per heavy atom. The molecular formula is C22H28N2O5S. The predicted molar refractivity (Wildman–Crippen MR) is 115 cm³/mol. The molecule has 2 aromatic rings. The lowest BCUT2D eigenvalue weighted by atomic mass is 10.1. The second-order valence-corrected chi connectivity index (χ2v) is 9.19. The molecule has 1 heterocycles. The third-order valence-electron chi connectivity index (χ3n) is 5.37. The van der Waals surface area contributed by atoms with Crippen molar-refractivity contribution in [1.82, 2.24) is 9.62 Å². The van der Waals surface area contributed by atoms with E-state index in [0.717, 1.165) is 12.0 Å². The average Bonchev–Trinajstić information content (AvgIpc) is 2.79. The first-order valence-corrected chi connectivity index (χ1v) is 11.4. The van der Waals surface area contributed by atoms with Gasteiger partial charge in [-0.25, -0.2) is 8.42 Å². The summed E-state index contributed by atoms with van der Waals surface area (Å²) >= 11 is 0. The minimum atomic E-state index is -3.52. The first-order chi connectivity index (χ1) is 14.4. The van der Waals surface area contributed by atoms with E-state index in [9.17, 15) is 13.2 Å². The number of nitrogens with one attached hydrogen (secondary N) is 1. The number of amides is 1. The molecule has 3 rings (SSSR count). The fraction of sp³-hybridized carbons (Fsp3) is 0.409. The molecular weight excluding hydrogens is 404 g/mol. The van der Waals surface area contributed by atoms with E-state index in [0.29, 0.717) is 47.9 Å². The first kappa shape index (κ1) is 22.1. The third-order valence-corrected chi connectivity index (χ3v) is 7.29. The molecule has 0 spiro atoms. The van der Waals surface area contributed by atoms with Gasteiger partial charge in [-0.2, -0.15) is 4.31 Å². The molecule has 1 fully saturated rings. The Bertz CT molecular complexity index is 959. The number of carbonyl (C=O) groups is 1. The predicted octanol–water partition coefficient (Wildman–Crippen LogP) is 2.85. The van der Waals surface area contributed by atoms with Crippen molar-refractivity contribution in [3.8, 4) is 11.5 Å². The van der Waals surface area contributed by atoms with Crippen LogP contribution in [0.3, 0.4) is 0 Å². The molecule has 0 radical (unpaired) electrons. The number of hydrogen-bond acceptors (Lipinski definition) is 5. The summed E-state index contributed by atoms with van der Waals surface area (Å²) in [6.45, 7) is 2.76. The van der Waals surface area contributed by atoms with Gasteiger partial charge in [-0.3, -0.25) is 4.79 Å². The Kier molecular flexibility index (Phi) is 6.99. The van der Waals surface area contributed by atoms with Crippen LogP contribution in [0.5, 0.6) is 11.5 Å². The number of ether oxygens (including phenoxy) is 2. The van der Waals surface area contributed by atoms with Gasteiger partial charge >= 0.3 is 0 Å². The molecule has 1 amide bonds. The number of piperidine rings is 1. The van der Waals surface area contributed by atoms with Gasteiger partial charge in [-0.1, -0.05) is 19.1 Å². The van der Waals surface area contributed by atoms with Gasteiger partial charge in [0.05, 0.1) is 19.1 Å². The Morgan fingerprint density at radius 2 is 1.60 bits per heavy atom. The SMILES string of the molecule is CCc1ccc(S(=O)(=O)N2CCC(NC(=O)c3cc(OC)cc(OC)c3)CC2)cc1. The highest BCUT2D eigenvalue weighted by Gasteiger charge is 2.30. The van der Waals surface area contributed by atoms with Crippen LogP contribution in [-0.4, -0.2) is 52.0 Å². The maximum absolute atomic E-state index is 12.9. The van der Waals surface area contributed by atoms with Crippen LogP contribution in [0.1, 0.15) is 35.7 Å². The second-order valence-electron chi connectivity index (χ2n) is 7.25. The molecule has 0 saturated carbocycles. The highest BCUT2D eigenvalue weighted by atomic mass is 32.2. The molecule has 0 atom stereocenters. The van der Waals surface area contributed by atoms with Crippen LogP contribution in [-0.2, 0) is 16.4 Å². The highest BCUT2D eigenvalue weighted by Crippen LogP contribution is 2.24. The summed E-state index contributed by atoms with van der Waals surface area (Å²) in [6, 6.07) is 11.9. The quantitative estimate of drug-likeness (QED) is 0.727. The standard InChI is InChI=1S/C22H28N2O5S/c1-4-16-5-7-21(8-6-16)30(26,27)24-11-9-18(10-12-24)23-22(25)17-13-19(28-2)15-20(14-17)29-3/h5-8,13-15,18H,4,9-12H2,1-3H3,(H,23,25). The molecule has 7 nitrogen and oxygen atoms in total. The van der Waals surface area contributed by atoms with E-state index in [2.05, 4.69) is 5.32 Å². The average molecular weight is 433 g/mol. The van der Waals surface area contributed by atoms with Crippen LogP contribution in [0.15, 0.2) is 47.4 Å². The summed E-state index contributed by atoms with van der Waals surface area (Å²) in [5, 5.41) is 2.99. The molecule has 1 aliphatic rings. The van der Waals surface area contributed by atoms with Gasteiger partial charge in [0.2, 0.25) is 10.0 Å². The van der Waals surface area contributed by atoms with E-state index >= 15 is 0 Å². The van der Waals surface area contributed by atoms with E-state index in [1.54, 1.807) is 30.3 Å². The fourth-order valence-electron chi connectivity index (χ4n) is 3.49. The van der Waals surface area contributed by atoms with Crippen molar-refractivity contribution < 1.29 is 22.7 Å². The molecule has 30 heavy (non-hydrogen) atoms. The number of rotatable bonds is 7. The number of hydrogen-bond donors (Lipinski definition) is 1. The van der Waals surface area contributed by atoms with E-state index in [1.807, 2.05) is 19.1 Å². The van der Waals surface area contributed by atoms with Crippen molar-refractivity contribution in [1.29, 1.82) is 0 Å². The van der Waals surface area contributed by atoms with Crippen LogP contribution >= 0.6 is 0 Å². The lowest BCUT2D eigenvalue weighted by molar-refractivity contribution is 0.0923. The van der Waals surface area contributed by atoms with Crippen LogP contribution in [0.2, 0.25) is 0 Å². The van der Waals surface area contributed by atoms with Crippen molar-refractivity contribution >= 4 is 15.9 Å². The summed E-state index contributed by atoms with van der Waals surface area (Å²) in [5.41, 5.74) is 1.54. The molecule has 0 aromatic heterocycles. The summed E-state index contributed by atoms with van der Waals surface area (Å²) < 4.78 is 37.7. The van der Waals surface area contributed by atoms with Crippen LogP contribution in [0.25, 0.3) is 0 Å². The summed E-state index contributed by atoms with van der Waals surface area (Å²) in [4.78, 5) is 13.0. The number of benzene rings is 2. The fourth-order valence-corrected chi connectivity index (χ4v) is 4.96. The molecule has 1 N–H and O–H groups in total. The van der Waals surface area contributed by atoms with Crippen LogP contribution in [0.4, 0.5) is 0 Å². The highest BCUT2D eigenvalue weighted by molar-refractivity contribution is 7.89. The number of nitrogens with zero attached hydrogens (tertiary/aromatic N) is 1. The smallest absolute Gasteiger partial charge is 0.251 e. The van der Waals surface area contributed by atoms with E-state index < -0.39 is 10.0 Å². The summed E-state index contributed by atoms with van der Waals surface area (Å²) in [6.07, 6.45) is 1.98. The molecule has 0 bridgehead atoms. The van der Waals surface area contributed by atoms with Crippen molar-refractivity contribution in [3.63, 3.8) is 0 Å². The normalized spacial score (nSPS) is 15.6. The molecule has 162 valence electrons. The van der Waals surface area contributed by atoms with Gasteiger partial charge in [0.1, 0.15) is 11.5 Å². The van der Waals surface area contributed by atoms with Gasteiger partial charge in [-0.15, -0.1) is 0 Å². The molecule has 0 unspecified atom stereocenters. The lowest BCUT2D eigenvalue weighted by Crippen LogP contribution is -2.46. The Hall–Kier alpha value is -2.58. The van der Waals surface area contributed by atoms with Crippen molar-refractivity contribution in [2.75, 3.05) is 27.3 Å². The zero-order chi connectivity index (χ0) is 21.7. The maximum atomic E-state index is 12.9. The van der Waals surface area contributed by atoms with Crippen molar-refractivity contribution in [3.05, 3.63) is 53.6 Å². The molecule has 1 aliphatic heterocycles. The summed E-state index contributed by atoms with van der Waals surface area (Å²) in [5.74, 6) is 0.840. The monoisotopic (exact) mass is 432 g/mol. The van der Waals surface area contributed by atoms with E-state index in [4.69, 9.17) is 9.47 Å². The topological polar surface area (TPSA) is 84.9 Å². The number of sulfonamides is 1. The van der Waals surface area contributed by atoms with Crippen LogP contribution in [0, 0.1) is 0 Å². The van der Waals surface area contributed by atoms with Gasteiger partial charge < -0.3 is 14.8 Å². The Balaban J connectivity index is 1.62. The number of aryl methyl sites for hydroxylation is 1. The van der Waals surface area contributed by atoms with E-state index in [1.165, 1.54) is 18.5 Å². The van der Waals surface area contributed by atoms with Crippen molar-refractivity contribution in [2.45, 2.75) is 37.1 Å². The summed E-state index contributed by atoms with van der Waals surface area (Å²) in [7, 11) is -0.461. The maximum Gasteiger partial charge on any atom is 0.251 e. The minimum Gasteiger partial charge on any atom is -0.497 e. The molecule has 0 aliphatic carbocycles. The Morgan fingerprint density at radius 3 is 2.10 bits per heavy atom.